The van der Waals surface area contributed by atoms with E-state index < -0.39 is 23.7 Å². The molecule has 186 valence electrons. The number of carbonyl (C=O) groups is 1. The number of aromatic carboxylic acids is 1. The molecule has 2 aliphatic rings. The molecule has 1 aromatic heterocycles. The first-order chi connectivity index (χ1) is 17.2. The van der Waals surface area contributed by atoms with Gasteiger partial charge in [-0.05, 0) is 37.6 Å². The first kappa shape index (κ1) is 23.9. The smallest absolute Gasteiger partial charge is 0.337 e. The number of para-hydroxylation sites is 1. The van der Waals surface area contributed by atoms with Gasteiger partial charge in [0.25, 0.3) is 5.92 Å². The number of hydrogen-bond acceptors (Lipinski definition) is 7. The van der Waals surface area contributed by atoms with Crippen LogP contribution >= 0.6 is 0 Å². The molecule has 2 fully saturated rings. The second-order valence-corrected chi connectivity index (χ2v) is 9.46. The fraction of sp³-hybridized carbons (Fsp3) is 0.385. The third-order valence-electron chi connectivity index (χ3n) is 6.94. The first-order valence-electron chi connectivity index (χ1n) is 11.7. The Hall–Kier alpha value is -3.84. The molecule has 2 saturated heterocycles. The lowest BCUT2D eigenvalue weighted by atomic mass is 9.83. The number of rotatable bonds is 5. The SMILES string of the molecule is Cc1cc([C@@H](C)Nc2ccccc2C(=O)O)c2nc(N3CC4COCC(C3)C4(F)F)c(C#N)nc2c1. The van der Waals surface area contributed by atoms with Crippen LogP contribution in [0.4, 0.5) is 20.3 Å². The Balaban J connectivity index is 1.57. The highest BCUT2D eigenvalue weighted by Gasteiger charge is 2.54. The lowest BCUT2D eigenvalue weighted by Gasteiger charge is -2.47. The summed E-state index contributed by atoms with van der Waals surface area (Å²) in [6.07, 6.45) is 0. The Morgan fingerprint density at radius 1 is 1.25 bits per heavy atom. The van der Waals surface area contributed by atoms with Crippen LogP contribution in [0.15, 0.2) is 36.4 Å². The predicted molar refractivity (Wildman–Crippen MR) is 129 cm³/mol. The van der Waals surface area contributed by atoms with Gasteiger partial charge in [0.05, 0.1) is 47.7 Å². The van der Waals surface area contributed by atoms with E-state index in [1.807, 2.05) is 26.0 Å². The molecule has 2 bridgehead atoms. The zero-order valence-electron chi connectivity index (χ0n) is 19.8. The summed E-state index contributed by atoms with van der Waals surface area (Å²) in [4.78, 5) is 22.7. The molecule has 3 atom stereocenters. The lowest BCUT2D eigenvalue weighted by molar-refractivity contribution is -0.190. The molecule has 2 aromatic carbocycles. The summed E-state index contributed by atoms with van der Waals surface area (Å²) >= 11 is 0. The number of anilines is 2. The topological polar surface area (TPSA) is 111 Å². The van der Waals surface area contributed by atoms with Gasteiger partial charge >= 0.3 is 5.97 Å². The Kier molecular flexibility index (Phi) is 5.96. The quantitative estimate of drug-likeness (QED) is 0.538. The van der Waals surface area contributed by atoms with Crippen LogP contribution in [0.2, 0.25) is 0 Å². The maximum Gasteiger partial charge on any atom is 0.337 e. The molecule has 3 aromatic rings. The minimum absolute atomic E-state index is 0.0132. The highest BCUT2D eigenvalue weighted by molar-refractivity contribution is 5.94. The number of alkyl halides is 2. The second kappa shape index (κ2) is 8.99. The van der Waals surface area contributed by atoms with Crippen molar-refractivity contribution in [1.82, 2.24) is 9.97 Å². The Morgan fingerprint density at radius 3 is 2.61 bits per heavy atom. The molecule has 10 heteroatoms. The van der Waals surface area contributed by atoms with Crippen LogP contribution in [-0.2, 0) is 4.74 Å². The molecule has 0 radical (unpaired) electrons. The predicted octanol–water partition coefficient (Wildman–Crippen LogP) is 4.40. The summed E-state index contributed by atoms with van der Waals surface area (Å²) in [5.41, 5.74) is 3.38. The molecule has 36 heavy (non-hydrogen) atoms. The van der Waals surface area contributed by atoms with E-state index in [0.717, 1.165) is 11.1 Å². The molecule has 2 unspecified atom stereocenters. The average molecular weight is 494 g/mol. The van der Waals surface area contributed by atoms with E-state index in [9.17, 15) is 23.9 Å². The molecule has 0 spiro atoms. The van der Waals surface area contributed by atoms with Crippen molar-refractivity contribution in [3.05, 3.63) is 58.8 Å². The molecule has 0 amide bonds. The molecule has 8 nitrogen and oxygen atoms in total. The molecule has 3 heterocycles. The van der Waals surface area contributed by atoms with E-state index in [4.69, 9.17) is 9.72 Å². The third kappa shape index (κ3) is 4.09. The number of fused-ring (bicyclic) bond motifs is 3. The van der Waals surface area contributed by atoms with Gasteiger partial charge in [0.1, 0.15) is 6.07 Å². The monoisotopic (exact) mass is 493 g/mol. The zero-order valence-corrected chi connectivity index (χ0v) is 19.8. The van der Waals surface area contributed by atoms with Gasteiger partial charge in [-0.25, -0.2) is 23.5 Å². The summed E-state index contributed by atoms with van der Waals surface area (Å²) < 4.78 is 34.8. The Labute approximate surface area is 206 Å². The van der Waals surface area contributed by atoms with Crippen molar-refractivity contribution in [2.45, 2.75) is 25.8 Å². The van der Waals surface area contributed by atoms with E-state index >= 15 is 0 Å². The number of nitrogens with zero attached hydrogens (tertiary/aromatic N) is 4. The maximum absolute atomic E-state index is 14.7. The number of piperidine rings is 1. The van der Waals surface area contributed by atoms with E-state index in [1.54, 1.807) is 23.1 Å². The van der Waals surface area contributed by atoms with Gasteiger partial charge in [-0.3, -0.25) is 0 Å². The summed E-state index contributed by atoms with van der Waals surface area (Å²) in [5.74, 6) is -5.57. The van der Waals surface area contributed by atoms with Gasteiger partial charge in [0.2, 0.25) is 0 Å². The second-order valence-electron chi connectivity index (χ2n) is 9.46. The highest BCUT2D eigenvalue weighted by atomic mass is 19.3. The number of halogens is 2. The van der Waals surface area contributed by atoms with Crippen LogP contribution in [-0.4, -0.2) is 53.3 Å². The Bertz CT molecular complexity index is 1370. The number of carboxylic acids is 1. The van der Waals surface area contributed by atoms with Crippen molar-refractivity contribution in [3.8, 4) is 6.07 Å². The number of nitrogens with one attached hydrogen (secondary N) is 1. The number of benzene rings is 2. The molecule has 0 aliphatic carbocycles. The maximum atomic E-state index is 14.7. The summed E-state index contributed by atoms with van der Waals surface area (Å²) in [5, 5.41) is 22.6. The number of ether oxygens (including phenoxy) is 1. The van der Waals surface area contributed by atoms with Gasteiger partial charge in [-0.2, -0.15) is 5.26 Å². The van der Waals surface area contributed by atoms with Crippen LogP contribution in [0.1, 0.15) is 40.1 Å². The van der Waals surface area contributed by atoms with Crippen LogP contribution in [0.25, 0.3) is 11.0 Å². The van der Waals surface area contributed by atoms with Crippen molar-refractivity contribution in [2.24, 2.45) is 11.8 Å². The normalized spacial score (nSPS) is 21.6. The molecular formula is C26H25F2N5O3. The molecular weight excluding hydrogens is 468 g/mol. The summed E-state index contributed by atoms with van der Waals surface area (Å²) in [6.45, 7) is 3.72. The minimum atomic E-state index is -2.83. The minimum Gasteiger partial charge on any atom is -0.478 e. The molecule has 0 saturated carbocycles. The summed E-state index contributed by atoms with van der Waals surface area (Å²) in [6, 6.07) is 12.1. The van der Waals surface area contributed by atoms with Crippen LogP contribution in [0.3, 0.4) is 0 Å². The number of hydrogen-bond donors (Lipinski definition) is 2. The molecule has 2 N–H and O–H groups in total. The van der Waals surface area contributed by atoms with Gasteiger partial charge in [0.15, 0.2) is 11.5 Å². The number of carboxylic acid groups (broad SMARTS) is 1. The van der Waals surface area contributed by atoms with Crippen LogP contribution in [0, 0.1) is 30.1 Å². The number of aryl methyl sites for hydroxylation is 1. The third-order valence-corrected chi connectivity index (χ3v) is 6.94. The van der Waals surface area contributed by atoms with Crippen molar-refractivity contribution in [3.63, 3.8) is 0 Å². The van der Waals surface area contributed by atoms with Gasteiger partial charge in [0, 0.05) is 24.3 Å². The fourth-order valence-corrected chi connectivity index (χ4v) is 5.09. The van der Waals surface area contributed by atoms with Crippen molar-refractivity contribution >= 4 is 28.5 Å². The Morgan fingerprint density at radius 2 is 1.94 bits per heavy atom. The lowest BCUT2D eigenvalue weighted by Crippen LogP contribution is -2.59. The van der Waals surface area contributed by atoms with E-state index in [0.29, 0.717) is 16.7 Å². The average Bonchev–Trinajstić information content (AvgIpc) is 2.82. The van der Waals surface area contributed by atoms with Crippen LogP contribution < -0.4 is 10.2 Å². The van der Waals surface area contributed by atoms with Crippen molar-refractivity contribution in [1.29, 1.82) is 5.26 Å². The number of aromatic nitrogens is 2. The van der Waals surface area contributed by atoms with Crippen molar-refractivity contribution < 1.29 is 23.4 Å². The molecule has 2 aliphatic heterocycles. The van der Waals surface area contributed by atoms with Crippen molar-refractivity contribution in [2.75, 3.05) is 36.5 Å². The standard InChI is InChI=1S/C26H25F2N5O3/c1-14-7-19(15(2)30-20-6-4-3-5-18(20)25(34)35)23-21(8-14)31-22(9-29)24(32-23)33-10-16-12-36-13-17(11-33)26(16,27)28/h3-8,15-17,30H,10-13H2,1-2H3,(H,34,35)/t15-,16?,17?/m1/s1. The number of nitriles is 1. The van der Waals surface area contributed by atoms with Crippen LogP contribution in [0.5, 0.6) is 0 Å². The first-order valence-corrected chi connectivity index (χ1v) is 11.7. The van der Waals surface area contributed by atoms with E-state index in [2.05, 4.69) is 16.4 Å². The zero-order chi connectivity index (χ0) is 25.6. The van der Waals surface area contributed by atoms with Gasteiger partial charge in [-0.15, -0.1) is 0 Å². The largest absolute Gasteiger partial charge is 0.478 e. The summed E-state index contributed by atoms with van der Waals surface area (Å²) in [7, 11) is 0. The molecule has 5 rings (SSSR count). The van der Waals surface area contributed by atoms with Gasteiger partial charge < -0.3 is 20.1 Å². The van der Waals surface area contributed by atoms with E-state index in [-0.39, 0.29) is 49.4 Å². The van der Waals surface area contributed by atoms with Gasteiger partial charge in [-0.1, -0.05) is 18.2 Å². The fourth-order valence-electron chi connectivity index (χ4n) is 5.09. The highest BCUT2D eigenvalue weighted by Crippen LogP contribution is 2.43. The van der Waals surface area contributed by atoms with E-state index in [1.165, 1.54) is 6.07 Å².